The Kier molecular flexibility index (Phi) is 5.64. The molecule has 9 heteroatoms. The largest absolute Gasteiger partial charge is 0.362 e. The predicted octanol–water partition coefficient (Wildman–Crippen LogP) is 5.61. The molecule has 1 aliphatic heterocycles. The molecule has 0 fully saturated rings. The Morgan fingerprint density at radius 1 is 1.30 bits per heavy atom. The zero-order valence-electron chi connectivity index (χ0n) is 18.5. The number of rotatable bonds is 5. The van der Waals surface area contributed by atoms with E-state index in [0.29, 0.717) is 26.8 Å². The quantitative estimate of drug-likeness (QED) is 0.388. The van der Waals surface area contributed by atoms with Crippen molar-refractivity contribution in [3.8, 4) is 11.1 Å². The van der Waals surface area contributed by atoms with Crippen molar-refractivity contribution in [3.05, 3.63) is 80.1 Å². The molecular weight excluding hydrogens is 456 g/mol. The summed E-state index contributed by atoms with van der Waals surface area (Å²) in [5.41, 5.74) is 4.81. The maximum absolute atomic E-state index is 13.7. The summed E-state index contributed by atoms with van der Waals surface area (Å²) in [6.45, 7) is 6.02. The van der Waals surface area contributed by atoms with Crippen molar-refractivity contribution in [2.24, 2.45) is 0 Å². The summed E-state index contributed by atoms with van der Waals surface area (Å²) in [5, 5.41) is 9.20. The minimum absolute atomic E-state index is 0.127. The van der Waals surface area contributed by atoms with E-state index in [-0.39, 0.29) is 11.6 Å². The number of aryl methyl sites for hydroxylation is 1. The molecule has 0 saturated carbocycles. The number of aromatic nitrogens is 4. The molecule has 5 rings (SSSR count). The van der Waals surface area contributed by atoms with Gasteiger partial charge in [0.1, 0.15) is 18.0 Å². The van der Waals surface area contributed by atoms with Crippen LogP contribution in [0.15, 0.2) is 52.5 Å². The molecule has 3 aromatic heterocycles. The highest BCUT2D eigenvalue weighted by Crippen LogP contribution is 2.34. The molecule has 1 aromatic carbocycles. The number of hydrogen-bond acceptors (Lipinski definition) is 7. The number of benzene rings is 1. The first-order valence-corrected chi connectivity index (χ1v) is 12.0. The smallest absolute Gasteiger partial charge is 0.267 e. The average Bonchev–Trinajstić information content (AvgIpc) is 3.20. The van der Waals surface area contributed by atoms with Gasteiger partial charge in [-0.2, -0.15) is 0 Å². The minimum Gasteiger partial charge on any atom is -0.362 e. The second-order valence-electron chi connectivity index (χ2n) is 8.04. The Balaban J connectivity index is 1.64. The van der Waals surface area contributed by atoms with Gasteiger partial charge in [0.05, 0.1) is 17.3 Å². The molecule has 2 N–H and O–H groups in total. The highest BCUT2D eigenvalue weighted by molar-refractivity contribution is 7.15. The van der Waals surface area contributed by atoms with Crippen LogP contribution in [0.1, 0.15) is 43.3 Å². The van der Waals surface area contributed by atoms with Crippen molar-refractivity contribution >= 4 is 39.5 Å². The van der Waals surface area contributed by atoms with Gasteiger partial charge in [-0.25, -0.2) is 15.0 Å². The van der Waals surface area contributed by atoms with Crippen LogP contribution in [0.25, 0.3) is 16.1 Å². The summed E-state index contributed by atoms with van der Waals surface area (Å²) in [6.07, 6.45) is 5.26. The van der Waals surface area contributed by atoms with Gasteiger partial charge in [0, 0.05) is 39.8 Å². The van der Waals surface area contributed by atoms with Gasteiger partial charge in [-0.3, -0.25) is 9.20 Å². The van der Waals surface area contributed by atoms with Crippen LogP contribution < -0.4 is 16.2 Å². The summed E-state index contributed by atoms with van der Waals surface area (Å²) >= 11 is 7.98. The van der Waals surface area contributed by atoms with E-state index in [1.807, 2.05) is 43.6 Å². The fraction of sp³-hybridized carbons (Fsp3) is 0.250. The summed E-state index contributed by atoms with van der Waals surface area (Å²) in [5.74, 6) is 1.52. The normalized spacial score (nSPS) is 13.9. The third-order valence-corrected chi connectivity index (χ3v) is 7.16. The van der Waals surface area contributed by atoms with Crippen LogP contribution in [-0.2, 0) is 6.42 Å². The molecule has 168 valence electrons. The second-order valence-corrected chi connectivity index (χ2v) is 9.29. The molecule has 4 aromatic rings. The fourth-order valence-electron chi connectivity index (χ4n) is 4.11. The fourth-order valence-corrected chi connectivity index (χ4v) is 5.20. The lowest BCUT2D eigenvalue weighted by atomic mass is 10.00. The molecular formula is C24H23ClN6OS. The molecule has 33 heavy (non-hydrogen) atoms. The van der Waals surface area contributed by atoms with Crippen molar-refractivity contribution in [2.45, 2.75) is 39.7 Å². The highest BCUT2D eigenvalue weighted by atomic mass is 35.5. The standard InChI is InChI=1S/C24H23ClN6OS/c1-4-15-9-17-21(26-10-15)27-12-28-22(17)29-14(3)20-19(16-7-5-6-8-18(16)25)23(32)31-13(2)11-33-24(31)30-20/h5-8,10-12,14H,4,9H2,1-3H3,(H2,26,27,28,29). The lowest BCUT2D eigenvalue weighted by Gasteiger charge is -2.23. The average molecular weight is 479 g/mol. The van der Waals surface area contributed by atoms with Crippen LogP contribution in [0.4, 0.5) is 11.6 Å². The van der Waals surface area contributed by atoms with E-state index in [4.69, 9.17) is 16.6 Å². The number of allylic oxidation sites excluding steroid dienone is 1. The number of nitrogens with zero attached hydrogens (tertiary/aromatic N) is 4. The summed E-state index contributed by atoms with van der Waals surface area (Å²) in [7, 11) is 0. The van der Waals surface area contributed by atoms with Gasteiger partial charge in [-0.05, 0) is 31.9 Å². The van der Waals surface area contributed by atoms with Gasteiger partial charge in [-0.15, -0.1) is 11.3 Å². The molecule has 0 spiro atoms. The Morgan fingerprint density at radius 3 is 2.91 bits per heavy atom. The zero-order valence-corrected chi connectivity index (χ0v) is 20.1. The lowest BCUT2D eigenvalue weighted by Crippen LogP contribution is -2.23. The first-order valence-electron chi connectivity index (χ1n) is 10.8. The van der Waals surface area contributed by atoms with E-state index in [9.17, 15) is 4.79 Å². The van der Waals surface area contributed by atoms with Gasteiger partial charge < -0.3 is 10.6 Å². The first-order chi connectivity index (χ1) is 16.0. The van der Waals surface area contributed by atoms with Crippen LogP contribution >= 0.6 is 22.9 Å². The molecule has 1 atom stereocenters. The van der Waals surface area contributed by atoms with Crippen LogP contribution in [0.2, 0.25) is 5.02 Å². The van der Waals surface area contributed by atoms with Gasteiger partial charge in [0.25, 0.3) is 5.56 Å². The predicted molar refractivity (Wildman–Crippen MR) is 134 cm³/mol. The van der Waals surface area contributed by atoms with Crippen molar-refractivity contribution in [1.82, 2.24) is 19.4 Å². The number of nitrogens with one attached hydrogen (secondary N) is 2. The van der Waals surface area contributed by atoms with Gasteiger partial charge in [0.15, 0.2) is 4.96 Å². The number of fused-ring (bicyclic) bond motifs is 2. The molecule has 0 bridgehead atoms. The van der Waals surface area contributed by atoms with Crippen molar-refractivity contribution in [2.75, 3.05) is 10.6 Å². The number of halogens is 1. The van der Waals surface area contributed by atoms with E-state index in [1.54, 1.807) is 10.5 Å². The van der Waals surface area contributed by atoms with Crippen LogP contribution in [0.3, 0.4) is 0 Å². The molecule has 0 amide bonds. The number of anilines is 2. The molecule has 0 saturated heterocycles. The second kappa shape index (κ2) is 8.61. The topological polar surface area (TPSA) is 84.2 Å². The summed E-state index contributed by atoms with van der Waals surface area (Å²) < 4.78 is 1.65. The van der Waals surface area contributed by atoms with E-state index >= 15 is 0 Å². The van der Waals surface area contributed by atoms with E-state index in [2.05, 4.69) is 27.5 Å². The van der Waals surface area contributed by atoms with Crippen LogP contribution in [-0.4, -0.2) is 19.4 Å². The van der Waals surface area contributed by atoms with Gasteiger partial charge >= 0.3 is 0 Å². The summed E-state index contributed by atoms with van der Waals surface area (Å²) in [6, 6.07) is 7.08. The van der Waals surface area contributed by atoms with Crippen LogP contribution in [0.5, 0.6) is 0 Å². The third-order valence-electron chi connectivity index (χ3n) is 5.89. The molecule has 1 aliphatic rings. The monoisotopic (exact) mass is 478 g/mol. The maximum atomic E-state index is 13.7. The SMILES string of the molecule is CCC1=CNc2ncnc(NC(C)c3nc4scc(C)n4c(=O)c3-c3ccccc3Cl)c2C1. The van der Waals surface area contributed by atoms with E-state index in [1.165, 1.54) is 23.2 Å². The lowest BCUT2D eigenvalue weighted by molar-refractivity contribution is 0.817. The van der Waals surface area contributed by atoms with Crippen LogP contribution in [0, 0.1) is 6.92 Å². The van der Waals surface area contributed by atoms with E-state index in [0.717, 1.165) is 35.7 Å². The molecule has 0 aliphatic carbocycles. The van der Waals surface area contributed by atoms with Crippen molar-refractivity contribution in [1.29, 1.82) is 0 Å². The van der Waals surface area contributed by atoms with Gasteiger partial charge in [0.2, 0.25) is 0 Å². The zero-order chi connectivity index (χ0) is 23.1. The minimum atomic E-state index is -0.300. The molecule has 7 nitrogen and oxygen atoms in total. The first kappa shape index (κ1) is 21.6. The third kappa shape index (κ3) is 3.79. The highest BCUT2D eigenvalue weighted by Gasteiger charge is 2.24. The van der Waals surface area contributed by atoms with Gasteiger partial charge in [-0.1, -0.05) is 36.7 Å². The number of hydrogen-bond donors (Lipinski definition) is 2. The van der Waals surface area contributed by atoms with E-state index < -0.39 is 0 Å². The Bertz CT molecular complexity index is 1460. The number of thiazole rings is 1. The van der Waals surface area contributed by atoms with Crippen molar-refractivity contribution < 1.29 is 0 Å². The molecule has 0 radical (unpaired) electrons. The maximum Gasteiger partial charge on any atom is 0.267 e. The Hall–Kier alpha value is -3.23. The molecule has 4 heterocycles. The summed E-state index contributed by atoms with van der Waals surface area (Å²) in [4.78, 5) is 28.1. The Labute approximate surface area is 200 Å². The van der Waals surface area contributed by atoms with Crippen molar-refractivity contribution in [3.63, 3.8) is 0 Å². The Morgan fingerprint density at radius 2 is 2.12 bits per heavy atom. The molecule has 1 unspecified atom stereocenters.